The summed E-state index contributed by atoms with van der Waals surface area (Å²) < 4.78 is 44.3. The summed E-state index contributed by atoms with van der Waals surface area (Å²) in [5.41, 5.74) is -0.0824. The molecule has 0 spiro atoms. The monoisotopic (exact) mass is 448 g/mol. The van der Waals surface area contributed by atoms with Crippen molar-refractivity contribution >= 4 is 23.1 Å². The first-order valence-electron chi connectivity index (χ1n) is 9.61. The first kappa shape index (κ1) is 21.1. The third-order valence-corrected chi connectivity index (χ3v) is 5.82. The largest absolute Gasteiger partial charge is 0.483 e. The van der Waals surface area contributed by atoms with Crippen LogP contribution < -0.4 is 9.64 Å². The second kappa shape index (κ2) is 8.93. The SMILES string of the molecule is O=C(COc1ccccc1C(F)(F)F)N1CCN(c2ccc(-c3cccs3)nn2)CC1. The fourth-order valence-electron chi connectivity index (χ4n) is 3.29. The minimum absolute atomic E-state index is 0.344. The number of anilines is 1. The van der Waals surface area contributed by atoms with Gasteiger partial charge in [-0.1, -0.05) is 18.2 Å². The molecule has 1 aliphatic rings. The highest BCUT2D eigenvalue weighted by Crippen LogP contribution is 2.35. The Kier molecular flexibility index (Phi) is 6.08. The lowest BCUT2D eigenvalue weighted by Gasteiger charge is -2.35. The molecule has 0 saturated carbocycles. The summed E-state index contributed by atoms with van der Waals surface area (Å²) >= 11 is 1.59. The van der Waals surface area contributed by atoms with Crippen LogP contribution >= 0.6 is 11.3 Å². The second-order valence-corrected chi connectivity index (χ2v) is 7.85. The summed E-state index contributed by atoms with van der Waals surface area (Å²) in [6.07, 6.45) is -4.54. The van der Waals surface area contributed by atoms with Crippen molar-refractivity contribution in [3.8, 4) is 16.3 Å². The van der Waals surface area contributed by atoms with Gasteiger partial charge in [0.25, 0.3) is 5.91 Å². The highest BCUT2D eigenvalue weighted by molar-refractivity contribution is 7.13. The Morgan fingerprint density at radius 3 is 2.42 bits per heavy atom. The van der Waals surface area contributed by atoms with Crippen molar-refractivity contribution in [3.05, 3.63) is 59.5 Å². The van der Waals surface area contributed by atoms with Crippen LogP contribution in [-0.4, -0.2) is 53.8 Å². The Morgan fingerprint density at radius 1 is 1.00 bits per heavy atom. The summed E-state index contributed by atoms with van der Waals surface area (Å²) in [6, 6.07) is 12.6. The first-order chi connectivity index (χ1) is 14.9. The number of amides is 1. The molecule has 0 radical (unpaired) electrons. The molecule has 0 unspecified atom stereocenters. The van der Waals surface area contributed by atoms with E-state index in [0.29, 0.717) is 26.2 Å². The number of hydrogen-bond acceptors (Lipinski definition) is 6. The van der Waals surface area contributed by atoms with Crippen LogP contribution in [0.25, 0.3) is 10.6 Å². The number of rotatable bonds is 5. The fourth-order valence-corrected chi connectivity index (χ4v) is 3.98. The predicted molar refractivity (Wildman–Crippen MR) is 111 cm³/mol. The predicted octanol–water partition coefficient (Wildman–Crippen LogP) is 3.95. The highest BCUT2D eigenvalue weighted by Gasteiger charge is 2.34. The zero-order chi connectivity index (χ0) is 21.8. The minimum Gasteiger partial charge on any atom is -0.483 e. The van der Waals surface area contributed by atoms with Gasteiger partial charge in [-0.25, -0.2) is 0 Å². The van der Waals surface area contributed by atoms with Crippen molar-refractivity contribution in [1.82, 2.24) is 15.1 Å². The van der Waals surface area contributed by atoms with Crippen molar-refractivity contribution in [1.29, 1.82) is 0 Å². The summed E-state index contributed by atoms with van der Waals surface area (Å²) in [5, 5.41) is 10.5. The van der Waals surface area contributed by atoms with Crippen molar-refractivity contribution in [2.75, 3.05) is 37.7 Å². The van der Waals surface area contributed by atoms with E-state index in [-0.39, 0.29) is 11.7 Å². The van der Waals surface area contributed by atoms with E-state index < -0.39 is 18.3 Å². The maximum atomic E-state index is 13.0. The molecule has 3 heterocycles. The van der Waals surface area contributed by atoms with Gasteiger partial charge < -0.3 is 14.5 Å². The molecule has 2 aromatic heterocycles. The molecule has 4 rings (SSSR count). The summed E-state index contributed by atoms with van der Waals surface area (Å²) in [6.45, 7) is 1.52. The van der Waals surface area contributed by atoms with E-state index in [9.17, 15) is 18.0 Å². The molecule has 1 amide bonds. The van der Waals surface area contributed by atoms with Crippen LogP contribution in [0.5, 0.6) is 5.75 Å². The van der Waals surface area contributed by atoms with Crippen LogP contribution in [0.4, 0.5) is 19.0 Å². The number of hydrogen-bond donors (Lipinski definition) is 0. The van der Waals surface area contributed by atoms with Gasteiger partial charge in [0.1, 0.15) is 11.4 Å². The minimum atomic E-state index is -4.54. The van der Waals surface area contributed by atoms with E-state index in [2.05, 4.69) is 10.2 Å². The Bertz CT molecular complexity index is 1020. The van der Waals surface area contributed by atoms with Crippen LogP contribution in [0.3, 0.4) is 0 Å². The standard InChI is InChI=1S/C21H19F3N4O2S/c22-21(23,24)15-4-1-2-5-17(15)30-14-20(29)28-11-9-27(10-12-28)19-8-7-16(25-26-19)18-6-3-13-31-18/h1-8,13H,9-12,14H2. The van der Waals surface area contributed by atoms with Gasteiger partial charge in [0.15, 0.2) is 12.4 Å². The molecule has 0 aliphatic carbocycles. The number of halogens is 3. The molecule has 10 heteroatoms. The van der Waals surface area contributed by atoms with Gasteiger partial charge >= 0.3 is 6.18 Å². The summed E-state index contributed by atoms with van der Waals surface area (Å²) in [5.74, 6) is 0.0293. The molecule has 1 fully saturated rings. The number of ether oxygens (including phenoxy) is 1. The number of thiophene rings is 1. The van der Waals surface area contributed by atoms with Crippen molar-refractivity contribution in [2.24, 2.45) is 0 Å². The van der Waals surface area contributed by atoms with E-state index in [0.717, 1.165) is 22.5 Å². The molecule has 1 aliphatic heterocycles. The van der Waals surface area contributed by atoms with Crippen molar-refractivity contribution in [3.63, 3.8) is 0 Å². The average molecular weight is 448 g/mol. The van der Waals surface area contributed by atoms with Crippen LogP contribution in [0.1, 0.15) is 5.56 Å². The number of carbonyl (C=O) groups excluding carboxylic acids is 1. The Balaban J connectivity index is 1.30. The number of benzene rings is 1. The average Bonchev–Trinajstić information content (AvgIpc) is 3.32. The van der Waals surface area contributed by atoms with E-state index in [1.54, 1.807) is 16.2 Å². The molecule has 0 bridgehead atoms. The van der Waals surface area contributed by atoms with Gasteiger partial charge in [-0.05, 0) is 35.7 Å². The third-order valence-electron chi connectivity index (χ3n) is 4.92. The molecular formula is C21H19F3N4O2S. The molecular weight excluding hydrogens is 429 g/mol. The van der Waals surface area contributed by atoms with Crippen LogP contribution in [0, 0.1) is 0 Å². The molecule has 1 saturated heterocycles. The zero-order valence-corrected chi connectivity index (χ0v) is 17.2. The van der Waals surface area contributed by atoms with Gasteiger partial charge in [0.05, 0.1) is 10.4 Å². The smallest absolute Gasteiger partial charge is 0.419 e. The number of aromatic nitrogens is 2. The molecule has 0 atom stereocenters. The quantitative estimate of drug-likeness (QED) is 0.592. The number of alkyl halides is 3. The van der Waals surface area contributed by atoms with Crippen LogP contribution in [-0.2, 0) is 11.0 Å². The van der Waals surface area contributed by atoms with Gasteiger partial charge in [0, 0.05) is 26.2 Å². The molecule has 0 N–H and O–H groups in total. The van der Waals surface area contributed by atoms with Gasteiger partial charge in [-0.2, -0.15) is 13.2 Å². The highest BCUT2D eigenvalue weighted by atomic mass is 32.1. The normalized spacial score (nSPS) is 14.5. The maximum Gasteiger partial charge on any atom is 0.419 e. The lowest BCUT2D eigenvalue weighted by Crippen LogP contribution is -2.50. The van der Waals surface area contributed by atoms with Gasteiger partial charge in [0.2, 0.25) is 0 Å². The van der Waals surface area contributed by atoms with E-state index in [1.165, 1.54) is 18.2 Å². The topological polar surface area (TPSA) is 58.6 Å². The van der Waals surface area contributed by atoms with Crippen molar-refractivity contribution < 1.29 is 22.7 Å². The first-order valence-corrected chi connectivity index (χ1v) is 10.5. The van der Waals surface area contributed by atoms with E-state index >= 15 is 0 Å². The summed E-state index contributed by atoms with van der Waals surface area (Å²) in [7, 11) is 0. The second-order valence-electron chi connectivity index (χ2n) is 6.90. The Hall–Kier alpha value is -3.14. The lowest BCUT2D eigenvalue weighted by atomic mass is 10.2. The lowest BCUT2D eigenvalue weighted by molar-refractivity contribution is -0.141. The molecule has 1 aromatic carbocycles. The number of piperazine rings is 1. The Morgan fingerprint density at radius 2 is 1.77 bits per heavy atom. The number of carbonyl (C=O) groups is 1. The van der Waals surface area contributed by atoms with E-state index in [1.807, 2.05) is 34.5 Å². The molecule has 162 valence electrons. The zero-order valence-electron chi connectivity index (χ0n) is 16.4. The Labute approximate surface area is 180 Å². The summed E-state index contributed by atoms with van der Waals surface area (Å²) in [4.78, 5) is 17.1. The number of para-hydroxylation sites is 1. The number of nitrogens with zero attached hydrogens (tertiary/aromatic N) is 4. The van der Waals surface area contributed by atoms with Crippen LogP contribution in [0.15, 0.2) is 53.9 Å². The van der Waals surface area contributed by atoms with Crippen LogP contribution in [0.2, 0.25) is 0 Å². The molecule has 31 heavy (non-hydrogen) atoms. The molecule has 6 nitrogen and oxygen atoms in total. The van der Waals surface area contributed by atoms with E-state index in [4.69, 9.17) is 4.74 Å². The molecule has 3 aromatic rings. The maximum absolute atomic E-state index is 13.0. The fraction of sp³-hybridized carbons (Fsp3) is 0.286. The third kappa shape index (κ3) is 4.96. The van der Waals surface area contributed by atoms with Gasteiger partial charge in [-0.15, -0.1) is 21.5 Å². The van der Waals surface area contributed by atoms with Crippen molar-refractivity contribution in [2.45, 2.75) is 6.18 Å². The van der Waals surface area contributed by atoms with Gasteiger partial charge in [-0.3, -0.25) is 4.79 Å².